The number of sulfonamides is 1. The van der Waals surface area contributed by atoms with Crippen molar-refractivity contribution in [2.75, 3.05) is 18.9 Å². The zero-order chi connectivity index (χ0) is 14.5. The van der Waals surface area contributed by atoms with Crippen LogP contribution in [0.15, 0.2) is 18.2 Å². The lowest BCUT2D eigenvalue weighted by Crippen LogP contribution is -2.23. The van der Waals surface area contributed by atoms with Crippen LogP contribution in [0.2, 0.25) is 0 Å². The van der Waals surface area contributed by atoms with Crippen LogP contribution < -0.4 is 4.72 Å². The monoisotopic (exact) mass is 289 g/mol. The molecule has 0 aliphatic carbocycles. The SMILES string of the molecule is O=[N+]([O-])c1ccc(CCS(=O)(=O)[N]CCO)c(O)c1. The minimum Gasteiger partial charge on any atom is -0.507 e. The molecule has 1 rings (SSSR count). The second kappa shape index (κ2) is 6.45. The zero-order valence-electron chi connectivity index (χ0n) is 9.89. The average Bonchev–Trinajstić information content (AvgIpc) is 2.35. The van der Waals surface area contributed by atoms with Crippen molar-refractivity contribution >= 4 is 15.7 Å². The summed E-state index contributed by atoms with van der Waals surface area (Å²) in [5, 5.41) is 28.5. The molecule has 0 aromatic heterocycles. The third-order valence-corrected chi connectivity index (χ3v) is 3.59. The highest BCUT2D eigenvalue weighted by molar-refractivity contribution is 7.89. The molecule has 0 heterocycles. The van der Waals surface area contributed by atoms with Crippen LogP contribution in [0.4, 0.5) is 5.69 Å². The molecular formula is C10H13N2O6S. The molecule has 0 bridgehead atoms. The van der Waals surface area contributed by atoms with Crippen LogP contribution in [0, 0.1) is 10.1 Å². The quantitative estimate of drug-likeness (QED) is 0.526. The summed E-state index contributed by atoms with van der Waals surface area (Å²) in [5.74, 6) is -0.662. The van der Waals surface area contributed by atoms with Crippen LogP contribution >= 0.6 is 0 Å². The molecule has 0 aliphatic heterocycles. The molecule has 0 amide bonds. The second-order valence-electron chi connectivity index (χ2n) is 3.68. The van der Waals surface area contributed by atoms with Gasteiger partial charge in [-0.2, -0.15) is 0 Å². The van der Waals surface area contributed by atoms with Crippen LogP contribution in [0.3, 0.4) is 0 Å². The number of benzene rings is 1. The van der Waals surface area contributed by atoms with Crippen molar-refractivity contribution in [1.29, 1.82) is 0 Å². The van der Waals surface area contributed by atoms with E-state index in [1.165, 1.54) is 12.1 Å². The van der Waals surface area contributed by atoms with Crippen molar-refractivity contribution in [2.45, 2.75) is 6.42 Å². The van der Waals surface area contributed by atoms with E-state index in [0.717, 1.165) is 6.07 Å². The predicted molar refractivity (Wildman–Crippen MR) is 66.3 cm³/mol. The Morgan fingerprint density at radius 3 is 2.58 bits per heavy atom. The van der Waals surface area contributed by atoms with Gasteiger partial charge in [-0.05, 0) is 18.1 Å². The van der Waals surface area contributed by atoms with Gasteiger partial charge in [0.15, 0.2) is 0 Å². The Bertz CT molecular complexity index is 557. The fourth-order valence-electron chi connectivity index (χ4n) is 1.36. The van der Waals surface area contributed by atoms with Gasteiger partial charge >= 0.3 is 0 Å². The minimum absolute atomic E-state index is 0.0128. The number of hydrogen-bond acceptors (Lipinski definition) is 6. The highest BCUT2D eigenvalue weighted by atomic mass is 32.2. The fraction of sp³-hybridized carbons (Fsp3) is 0.400. The van der Waals surface area contributed by atoms with Crippen molar-refractivity contribution in [3.8, 4) is 5.75 Å². The normalized spacial score (nSPS) is 11.4. The Balaban J connectivity index is 2.71. The Kier molecular flexibility index (Phi) is 5.21. The third-order valence-electron chi connectivity index (χ3n) is 2.30. The molecule has 0 fully saturated rings. The van der Waals surface area contributed by atoms with Gasteiger partial charge in [0.2, 0.25) is 10.0 Å². The maximum absolute atomic E-state index is 11.4. The van der Waals surface area contributed by atoms with Crippen LogP contribution in [0.25, 0.3) is 0 Å². The summed E-state index contributed by atoms with van der Waals surface area (Å²) in [6, 6.07) is 3.45. The van der Waals surface area contributed by atoms with E-state index in [4.69, 9.17) is 5.11 Å². The first-order chi connectivity index (χ1) is 8.85. The van der Waals surface area contributed by atoms with E-state index >= 15 is 0 Å². The molecule has 1 aromatic carbocycles. The van der Waals surface area contributed by atoms with Gasteiger partial charge < -0.3 is 10.2 Å². The first kappa shape index (κ1) is 15.3. The molecule has 0 atom stereocenters. The van der Waals surface area contributed by atoms with Gasteiger partial charge in [-0.1, -0.05) is 0 Å². The number of aliphatic hydroxyl groups excluding tert-OH is 1. The predicted octanol–water partition coefficient (Wildman–Crippen LogP) is -0.231. The number of nitro benzene ring substituents is 1. The maximum Gasteiger partial charge on any atom is 0.273 e. The molecule has 8 nitrogen and oxygen atoms in total. The topological polar surface area (TPSA) is 132 Å². The van der Waals surface area contributed by atoms with E-state index in [1.54, 1.807) is 0 Å². The highest BCUT2D eigenvalue weighted by Crippen LogP contribution is 2.23. The van der Waals surface area contributed by atoms with E-state index in [1.807, 2.05) is 0 Å². The van der Waals surface area contributed by atoms with Crippen LogP contribution in [-0.2, 0) is 16.4 Å². The fourth-order valence-corrected chi connectivity index (χ4v) is 2.33. The van der Waals surface area contributed by atoms with Crippen LogP contribution in [0.5, 0.6) is 5.75 Å². The lowest BCUT2D eigenvalue weighted by Gasteiger charge is -2.05. The third kappa shape index (κ3) is 4.81. The van der Waals surface area contributed by atoms with Gasteiger partial charge in [0.25, 0.3) is 5.69 Å². The number of phenols is 1. The van der Waals surface area contributed by atoms with Gasteiger partial charge in [-0.3, -0.25) is 10.1 Å². The van der Waals surface area contributed by atoms with Crippen LogP contribution in [-0.4, -0.2) is 42.5 Å². The number of hydrogen-bond donors (Lipinski definition) is 2. The van der Waals surface area contributed by atoms with Crippen molar-refractivity contribution < 1.29 is 23.6 Å². The van der Waals surface area contributed by atoms with Crippen molar-refractivity contribution in [3.05, 3.63) is 33.9 Å². The molecule has 19 heavy (non-hydrogen) atoms. The molecule has 0 spiro atoms. The van der Waals surface area contributed by atoms with E-state index < -0.39 is 14.9 Å². The van der Waals surface area contributed by atoms with Crippen molar-refractivity contribution in [1.82, 2.24) is 4.72 Å². The van der Waals surface area contributed by atoms with E-state index in [0.29, 0.717) is 0 Å². The van der Waals surface area contributed by atoms with Gasteiger partial charge in [-0.25, -0.2) is 8.42 Å². The Hall–Kier alpha value is -1.71. The van der Waals surface area contributed by atoms with E-state index in [2.05, 4.69) is 4.72 Å². The number of aryl methyl sites for hydroxylation is 1. The summed E-state index contributed by atoms with van der Waals surface area (Å²) >= 11 is 0. The number of aliphatic hydroxyl groups is 1. The molecule has 105 valence electrons. The van der Waals surface area contributed by atoms with Gasteiger partial charge in [0.1, 0.15) is 5.75 Å². The Labute approximate surface area is 109 Å². The minimum atomic E-state index is -3.67. The summed E-state index contributed by atoms with van der Waals surface area (Å²) in [5.41, 5.74) is 0.0162. The standard InChI is InChI=1S/C10H13N2O6S/c13-5-4-11-19(17,18)6-3-8-1-2-9(12(15)16)7-10(8)14/h1-2,7,13-14H,3-6H2. The van der Waals surface area contributed by atoms with Crippen molar-refractivity contribution in [3.63, 3.8) is 0 Å². The first-order valence-electron chi connectivity index (χ1n) is 5.34. The zero-order valence-corrected chi connectivity index (χ0v) is 10.7. The summed E-state index contributed by atoms with van der Waals surface area (Å²) in [7, 11) is -3.67. The number of non-ortho nitro benzene ring substituents is 1. The second-order valence-corrected chi connectivity index (χ2v) is 5.51. The van der Waals surface area contributed by atoms with Gasteiger partial charge in [0, 0.05) is 6.07 Å². The molecule has 0 saturated carbocycles. The molecule has 1 aromatic rings. The average molecular weight is 289 g/mol. The highest BCUT2D eigenvalue weighted by Gasteiger charge is 2.15. The summed E-state index contributed by atoms with van der Waals surface area (Å²) in [6.45, 7) is -0.559. The first-order valence-corrected chi connectivity index (χ1v) is 6.95. The molecule has 1 radical (unpaired) electrons. The number of nitro groups is 1. The Morgan fingerprint density at radius 1 is 1.37 bits per heavy atom. The lowest BCUT2D eigenvalue weighted by atomic mass is 10.1. The lowest BCUT2D eigenvalue weighted by molar-refractivity contribution is -0.384. The molecule has 9 heteroatoms. The van der Waals surface area contributed by atoms with Gasteiger partial charge in [0.05, 0.1) is 29.9 Å². The van der Waals surface area contributed by atoms with Crippen LogP contribution in [0.1, 0.15) is 5.56 Å². The largest absolute Gasteiger partial charge is 0.507 e. The molecule has 0 unspecified atom stereocenters. The number of rotatable bonds is 7. The van der Waals surface area contributed by atoms with Crippen molar-refractivity contribution in [2.24, 2.45) is 0 Å². The molecular weight excluding hydrogens is 276 g/mol. The Morgan fingerprint density at radius 2 is 2.05 bits per heavy atom. The molecule has 0 aliphatic rings. The number of aromatic hydroxyl groups is 1. The molecule has 0 saturated heterocycles. The summed E-state index contributed by atoms with van der Waals surface area (Å²) in [4.78, 5) is 9.80. The summed E-state index contributed by atoms with van der Waals surface area (Å²) in [6.07, 6.45) is -0.0128. The van der Waals surface area contributed by atoms with E-state index in [-0.39, 0.29) is 42.3 Å². The maximum atomic E-state index is 11.4. The molecule has 2 N–H and O–H groups in total. The number of phenolic OH excluding ortho intramolecular Hbond substituents is 1. The smallest absolute Gasteiger partial charge is 0.273 e. The number of nitrogens with zero attached hydrogens (tertiary/aromatic N) is 2. The van der Waals surface area contributed by atoms with E-state index in [9.17, 15) is 23.6 Å². The summed E-state index contributed by atoms with van der Waals surface area (Å²) < 4.78 is 26.1. The van der Waals surface area contributed by atoms with Gasteiger partial charge in [-0.15, -0.1) is 4.72 Å².